The Morgan fingerprint density at radius 2 is 2.54 bits per heavy atom. The van der Waals surface area contributed by atoms with Gasteiger partial charge in [0.15, 0.2) is 0 Å². The molecule has 3 heteroatoms. The van der Waals surface area contributed by atoms with E-state index in [-0.39, 0.29) is 5.91 Å². The molecule has 1 aromatic heterocycles. The lowest BCUT2D eigenvalue weighted by molar-refractivity contribution is -0.114. The Balaban J connectivity index is 2.79. The van der Waals surface area contributed by atoms with E-state index in [1.165, 1.54) is 6.08 Å². The van der Waals surface area contributed by atoms with E-state index in [0.717, 1.165) is 18.7 Å². The van der Waals surface area contributed by atoms with E-state index in [9.17, 15) is 4.79 Å². The number of carbonyl (C=O) groups excluding carboxylic acids is 1. The van der Waals surface area contributed by atoms with E-state index in [0.29, 0.717) is 0 Å². The second-order valence-electron chi connectivity index (χ2n) is 2.68. The molecule has 0 aliphatic rings. The lowest BCUT2D eigenvalue weighted by Crippen LogP contribution is -2.29. The average Bonchev–Trinajstić information content (AvgIpc) is 2.65. The van der Waals surface area contributed by atoms with Gasteiger partial charge in [-0.25, -0.2) is 0 Å². The summed E-state index contributed by atoms with van der Waals surface area (Å²) in [5.74, 6) is -0.0275. The Bertz CT molecular complexity index is 279. The smallest absolute Gasteiger partial charge is 0.250 e. The van der Waals surface area contributed by atoms with Crippen LogP contribution in [0.25, 0.3) is 0 Å². The quantitative estimate of drug-likeness (QED) is 0.676. The average molecular weight is 195 g/mol. The van der Waals surface area contributed by atoms with Gasteiger partial charge in [0.05, 0.1) is 5.69 Å². The highest BCUT2D eigenvalue weighted by molar-refractivity contribution is 7.08. The van der Waals surface area contributed by atoms with E-state index >= 15 is 0 Å². The first-order valence-electron chi connectivity index (χ1n) is 4.25. The Morgan fingerprint density at radius 1 is 1.77 bits per heavy atom. The van der Waals surface area contributed by atoms with Crippen molar-refractivity contribution in [3.8, 4) is 0 Å². The molecule has 0 bridgehead atoms. The first-order chi connectivity index (χ1) is 6.29. The molecule has 0 saturated heterocycles. The van der Waals surface area contributed by atoms with Crippen molar-refractivity contribution in [2.24, 2.45) is 0 Å². The van der Waals surface area contributed by atoms with Crippen LogP contribution in [0.5, 0.6) is 0 Å². The summed E-state index contributed by atoms with van der Waals surface area (Å²) < 4.78 is 0. The monoisotopic (exact) mass is 195 g/mol. The van der Waals surface area contributed by atoms with Gasteiger partial charge in [-0.1, -0.05) is 13.5 Å². The Kier molecular flexibility index (Phi) is 3.71. The number of nitrogens with zero attached hydrogens (tertiary/aromatic N) is 1. The van der Waals surface area contributed by atoms with Crippen LogP contribution in [-0.2, 0) is 4.79 Å². The molecule has 2 nitrogen and oxygen atoms in total. The highest BCUT2D eigenvalue weighted by Gasteiger charge is 2.10. The number of hydrogen-bond acceptors (Lipinski definition) is 2. The van der Waals surface area contributed by atoms with Gasteiger partial charge < -0.3 is 4.90 Å². The third-order valence-electron chi connectivity index (χ3n) is 1.71. The summed E-state index contributed by atoms with van der Waals surface area (Å²) in [5, 5.41) is 3.94. The maximum atomic E-state index is 11.4. The minimum Gasteiger partial charge on any atom is -0.308 e. The van der Waals surface area contributed by atoms with Gasteiger partial charge in [-0.05, 0) is 23.9 Å². The van der Waals surface area contributed by atoms with Crippen LogP contribution in [0.3, 0.4) is 0 Å². The number of carbonyl (C=O) groups is 1. The molecule has 1 amide bonds. The summed E-state index contributed by atoms with van der Waals surface area (Å²) >= 11 is 1.59. The zero-order valence-corrected chi connectivity index (χ0v) is 8.51. The van der Waals surface area contributed by atoms with Crippen molar-refractivity contribution in [2.45, 2.75) is 13.3 Å². The molecule has 0 aliphatic heterocycles. The SMILES string of the molecule is C=CC(=O)N(CCC)c1ccsc1. The molecule has 0 unspecified atom stereocenters. The predicted molar refractivity (Wildman–Crippen MR) is 57.2 cm³/mol. The molecule has 0 saturated carbocycles. The van der Waals surface area contributed by atoms with E-state index in [4.69, 9.17) is 0 Å². The molecule has 1 rings (SSSR count). The highest BCUT2D eigenvalue weighted by atomic mass is 32.1. The summed E-state index contributed by atoms with van der Waals surface area (Å²) in [4.78, 5) is 13.2. The van der Waals surface area contributed by atoms with Crippen molar-refractivity contribution >= 4 is 22.9 Å². The largest absolute Gasteiger partial charge is 0.308 e. The molecule has 0 atom stereocenters. The lowest BCUT2D eigenvalue weighted by Gasteiger charge is -2.18. The Hall–Kier alpha value is -1.09. The zero-order valence-electron chi connectivity index (χ0n) is 7.69. The number of anilines is 1. The van der Waals surface area contributed by atoms with Crippen LogP contribution in [0.2, 0.25) is 0 Å². The molecule has 0 fully saturated rings. The Labute approximate surface area is 82.5 Å². The van der Waals surface area contributed by atoms with E-state index in [1.54, 1.807) is 16.2 Å². The van der Waals surface area contributed by atoms with E-state index in [1.807, 2.05) is 16.8 Å². The van der Waals surface area contributed by atoms with E-state index < -0.39 is 0 Å². The van der Waals surface area contributed by atoms with Crippen LogP contribution in [0.1, 0.15) is 13.3 Å². The first-order valence-corrected chi connectivity index (χ1v) is 5.20. The number of hydrogen-bond donors (Lipinski definition) is 0. The summed E-state index contributed by atoms with van der Waals surface area (Å²) in [6.07, 6.45) is 2.31. The van der Waals surface area contributed by atoms with Gasteiger partial charge in [-0.2, -0.15) is 11.3 Å². The molecule has 0 aliphatic carbocycles. The minimum absolute atomic E-state index is 0.0275. The molecule has 1 heterocycles. The fourth-order valence-electron chi connectivity index (χ4n) is 1.11. The number of rotatable bonds is 4. The highest BCUT2D eigenvalue weighted by Crippen LogP contribution is 2.18. The van der Waals surface area contributed by atoms with Gasteiger partial charge in [0.25, 0.3) is 0 Å². The van der Waals surface area contributed by atoms with Gasteiger partial charge >= 0.3 is 0 Å². The number of amides is 1. The van der Waals surface area contributed by atoms with Crippen LogP contribution >= 0.6 is 11.3 Å². The lowest BCUT2D eigenvalue weighted by atomic mass is 10.3. The van der Waals surface area contributed by atoms with Gasteiger partial charge in [-0.3, -0.25) is 4.79 Å². The minimum atomic E-state index is -0.0275. The van der Waals surface area contributed by atoms with Gasteiger partial charge in [-0.15, -0.1) is 0 Å². The van der Waals surface area contributed by atoms with Crippen molar-refractivity contribution in [1.29, 1.82) is 0 Å². The maximum absolute atomic E-state index is 11.4. The molecule has 1 aromatic rings. The van der Waals surface area contributed by atoms with Crippen LogP contribution in [0.4, 0.5) is 5.69 Å². The van der Waals surface area contributed by atoms with Crippen LogP contribution in [0.15, 0.2) is 29.5 Å². The topological polar surface area (TPSA) is 20.3 Å². The fourth-order valence-corrected chi connectivity index (χ4v) is 1.75. The van der Waals surface area contributed by atoms with Crippen molar-refractivity contribution in [2.75, 3.05) is 11.4 Å². The molecular formula is C10H13NOS. The molecule has 0 spiro atoms. The molecular weight excluding hydrogens is 182 g/mol. The van der Waals surface area contributed by atoms with Crippen LogP contribution in [-0.4, -0.2) is 12.5 Å². The first kappa shape index (κ1) is 9.99. The van der Waals surface area contributed by atoms with Crippen molar-refractivity contribution in [3.05, 3.63) is 29.5 Å². The predicted octanol–water partition coefficient (Wildman–Crippen LogP) is 2.68. The second-order valence-corrected chi connectivity index (χ2v) is 3.46. The standard InChI is InChI=1S/C10H13NOS/c1-3-6-11(10(12)4-2)9-5-7-13-8-9/h4-5,7-8H,2-3,6H2,1H3. The van der Waals surface area contributed by atoms with Gasteiger partial charge in [0.1, 0.15) is 0 Å². The fraction of sp³-hybridized carbons (Fsp3) is 0.300. The summed E-state index contributed by atoms with van der Waals surface area (Å²) in [6, 6.07) is 1.95. The van der Waals surface area contributed by atoms with E-state index in [2.05, 4.69) is 13.5 Å². The molecule has 13 heavy (non-hydrogen) atoms. The number of thiophene rings is 1. The normalized spacial score (nSPS) is 9.62. The summed E-state index contributed by atoms with van der Waals surface area (Å²) in [5.41, 5.74) is 0.969. The molecule has 0 radical (unpaired) electrons. The summed E-state index contributed by atoms with van der Waals surface area (Å²) in [7, 11) is 0. The molecule has 0 N–H and O–H groups in total. The third-order valence-corrected chi connectivity index (χ3v) is 2.38. The van der Waals surface area contributed by atoms with Crippen LogP contribution in [0, 0.1) is 0 Å². The Morgan fingerprint density at radius 3 is 3.00 bits per heavy atom. The third kappa shape index (κ3) is 2.42. The van der Waals surface area contributed by atoms with Gasteiger partial charge in [0, 0.05) is 11.9 Å². The van der Waals surface area contributed by atoms with Gasteiger partial charge in [0.2, 0.25) is 5.91 Å². The molecule has 70 valence electrons. The van der Waals surface area contributed by atoms with Crippen LogP contribution < -0.4 is 4.90 Å². The zero-order chi connectivity index (χ0) is 9.68. The van der Waals surface area contributed by atoms with Crippen molar-refractivity contribution in [1.82, 2.24) is 0 Å². The molecule has 0 aromatic carbocycles. The maximum Gasteiger partial charge on any atom is 0.250 e. The van der Waals surface area contributed by atoms with Crippen molar-refractivity contribution < 1.29 is 4.79 Å². The second kappa shape index (κ2) is 4.82. The summed E-state index contributed by atoms with van der Waals surface area (Å²) in [6.45, 7) is 6.29. The van der Waals surface area contributed by atoms with Crippen molar-refractivity contribution in [3.63, 3.8) is 0 Å².